The number of aromatic amines is 1. The summed E-state index contributed by atoms with van der Waals surface area (Å²) in [5.74, 6) is 0.438. The first kappa shape index (κ1) is 14.9. The minimum Gasteiger partial charge on any atom is -0.490 e. The molecule has 0 spiro atoms. The lowest BCUT2D eigenvalue weighted by molar-refractivity contribution is 0.0599. The van der Waals surface area contributed by atoms with Crippen LogP contribution < -0.4 is 15.0 Å². The number of carbonyl (C=O) groups excluding carboxylic acids is 1. The van der Waals surface area contributed by atoms with Crippen molar-refractivity contribution in [1.29, 1.82) is 0 Å². The van der Waals surface area contributed by atoms with E-state index in [1.807, 2.05) is 13.8 Å². The Labute approximate surface area is 121 Å². The second kappa shape index (κ2) is 6.30. The zero-order chi connectivity index (χ0) is 15.4. The molecule has 0 fully saturated rings. The molecule has 0 aliphatic heterocycles. The Kier molecular flexibility index (Phi) is 4.47. The lowest BCUT2D eigenvalue weighted by Crippen LogP contribution is -2.18. The highest BCUT2D eigenvalue weighted by molar-refractivity contribution is 5.94. The van der Waals surface area contributed by atoms with E-state index in [0.717, 1.165) is 0 Å². The molecule has 1 aromatic heterocycles. The lowest BCUT2D eigenvalue weighted by atomic mass is 10.1. The zero-order valence-electron chi connectivity index (χ0n) is 12.2. The van der Waals surface area contributed by atoms with Crippen LogP contribution >= 0.6 is 0 Å². The summed E-state index contributed by atoms with van der Waals surface area (Å²) in [4.78, 5) is 26.1. The Bertz CT molecular complexity index is 720. The molecule has 0 saturated carbocycles. The normalized spacial score (nSPS) is 10.4. The van der Waals surface area contributed by atoms with Crippen molar-refractivity contribution in [2.45, 2.75) is 13.8 Å². The van der Waals surface area contributed by atoms with E-state index in [9.17, 15) is 9.59 Å². The van der Waals surface area contributed by atoms with Crippen LogP contribution in [0, 0.1) is 0 Å². The third-order valence-electron chi connectivity index (χ3n) is 2.91. The van der Waals surface area contributed by atoms with Crippen molar-refractivity contribution in [3.63, 3.8) is 0 Å². The number of hydrogen-bond acceptors (Lipinski definition) is 5. The number of pyridine rings is 1. The molecule has 0 aliphatic carbocycles. The standard InChI is InChI=1S/C15H17NO5/c1-4-20-12-7-9-6-10(15(18)19-3)14(17)16-11(9)8-13(12)21-5-2/h6-8H,4-5H2,1-3H3,(H,16,17). The number of nitrogens with one attached hydrogen (secondary N) is 1. The molecule has 2 aromatic rings. The van der Waals surface area contributed by atoms with Gasteiger partial charge in [-0.3, -0.25) is 4.79 Å². The van der Waals surface area contributed by atoms with E-state index in [1.165, 1.54) is 13.2 Å². The smallest absolute Gasteiger partial charge is 0.343 e. The third-order valence-corrected chi connectivity index (χ3v) is 2.91. The number of hydrogen-bond donors (Lipinski definition) is 1. The van der Waals surface area contributed by atoms with Crippen LogP contribution in [0.5, 0.6) is 11.5 Å². The number of rotatable bonds is 5. The molecule has 21 heavy (non-hydrogen) atoms. The van der Waals surface area contributed by atoms with Gasteiger partial charge in [-0.05, 0) is 26.0 Å². The molecule has 6 heteroatoms. The van der Waals surface area contributed by atoms with Gasteiger partial charge in [0.1, 0.15) is 5.56 Å². The summed E-state index contributed by atoms with van der Waals surface area (Å²) in [5.41, 5.74) is 0.0251. The second-order valence-electron chi connectivity index (χ2n) is 4.26. The van der Waals surface area contributed by atoms with E-state index in [4.69, 9.17) is 9.47 Å². The SMILES string of the molecule is CCOc1cc2cc(C(=O)OC)c(=O)[nH]c2cc1OCC. The van der Waals surface area contributed by atoms with Crippen LogP contribution in [0.15, 0.2) is 23.0 Å². The number of aromatic nitrogens is 1. The fourth-order valence-corrected chi connectivity index (χ4v) is 2.01. The van der Waals surface area contributed by atoms with Crippen LogP contribution in [0.2, 0.25) is 0 Å². The Hall–Kier alpha value is -2.50. The molecule has 0 bridgehead atoms. The van der Waals surface area contributed by atoms with E-state index < -0.39 is 11.5 Å². The van der Waals surface area contributed by atoms with Crippen molar-refractivity contribution in [1.82, 2.24) is 4.98 Å². The van der Waals surface area contributed by atoms with Gasteiger partial charge in [-0.15, -0.1) is 0 Å². The topological polar surface area (TPSA) is 77.6 Å². The molecule has 6 nitrogen and oxygen atoms in total. The lowest BCUT2D eigenvalue weighted by Gasteiger charge is -2.12. The van der Waals surface area contributed by atoms with Gasteiger partial charge in [0.15, 0.2) is 11.5 Å². The minimum atomic E-state index is -0.676. The van der Waals surface area contributed by atoms with Crippen LogP contribution in [0.1, 0.15) is 24.2 Å². The average Bonchev–Trinajstić information content (AvgIpc) is 2.47. The summed E-state index contributed by atoms with van der Waals surface area (Å²) in [6, 6.07) is 4.90. The maximum Gasteiger partial charge on any atom is 0.343 e. The number of methoxy groups -OCH3 is 1. The summed E-state index contributed by atoms with van der Waals surface area (Å²) < 4.78 is 15.6. The fraction of sp³-hybridized carbons (Fsp3) is 0.333. The van der Waals surface area contributed by atoms with Crippen molar-refractivity contribution < 1.29 is 19.0 Å². The van der Waals surface area contributed by atoms with Crippen LogP contribution in [0.4, 0.5) is 0 Å². The van der Waals surface area contributed by atoms with Gasteiger partial charge >= 0.3 is 5.97 Å². The van der Waals surface area contributed by atoms with E-state index in [0.29, 0.717) is 35.6 Å². The van der Waals surface area contributed by atoms with Gasteiger partial charge in [0.05, 0.1) is 25.8 Å². The maximum atomic E-state index is 11.9. The second-order valence-corrected chi connectivity index (χ2v) is 4.26. The quantitative estimate of drug-likeness (QED) is 0.854. The van der Waals surface area contributed by atoms with E-state index >= 15 is 0 Å². The van der Waals surface area contributed by atoms with Gasteiger partial charge in [0, 0.05) is 11.5 Å². The monoisotopic (exact) mass is 291 g/mol. The molecule has 1 N–H and O–H groups in total. The molecule has 0 radical (unpaired) electrons. The van der Waals surface area contributed by atoms with Crippen molar-refractivity contribution in [2.75, 3.05) is 20.3 Å². The van der Waals surface area contributed by atoms with Gasteiger partial charge in [-0.1, -0.05) is 0 Å². The largest absolute Gasteiger partial charge is 0.490 e. The Balaban J connectivity index is 2.64. The van der Waals surface area contributed by atoms with Crippen LogP contribution in [0.3, 0.4) is 0 Å². The first-order valence-corrected chi connectivity index (χ1v) is 6.65. The van der Waals surface area contributed by atoms with Crippen LogP contribution in [0.25, 0.3) is 10.9 Å². The van der Waals surface area contributed by atoms with E-state index in [2.05, 4.69) is 9.72 Å². The molecule has 0 unspecified atom stereocenters. The van der Waals surface area contributed by atoms with Gasteiger partial charge in [0.2, 0.25) is 0 Å². The Morgan fingerprint density at radius 1 is 1.10 bits per heavy atom. The summed E-state index contributed by atoms with van der Waals surface area (Å²) >= 11 is 0. The van der Waals surface area contributed by atoms with E-state index in [-0.39, 0.29) is 5.56 Å². The third kappa shape index (κ3) is 2.99. The average molecular weight is 291 g/mol. The predicted molar refractivity (Wildman–Crippen MR) is 78.2 cm³/mol. The van der Waals surface area contributed by atoms with Crippen molar-refractivity contribution in [3.05, 3.63) is 34.1 Å². The number of ether oxygens (including phenoxy) is 3. The molecule has 0 atom stereocenters. The number of carbonyl (C=O) groups is 1. The first-order chi connectivity index (χ1) is 10.1. The van der Waals surface area contributed by atoms with Crippen molar-refractivity contribution in [3.8, 4) is 11.5 Å². The van der Waals surface area contributed by atoms with E-state index in [1.54, 1.807) is 12.1 Å². The summed E-state index contributed by atoms with van der Waals surface area (Å²) in [5, 5.41) is 0.668. The zero-order valence-corrected chi connectivity index (χ0v) is 12.2. The molecule has 112 valence electrons. The van der Waals surface area contributed by atoms with Gasteiger partial charge in [0.25, 0.3) is 5.56 Å². The highest BCUT2D eigenvalue weighted by Gasteiger charge is 2.14. The number of H-pyrrole nitrogens is 1. The van der Waals surface area contributed by atoms with Gasteiger partial charge < -0.3 is 19.2 Å². The van der Waals surface area contributed by atoms with Crippen molar-refractivity contribution in [2.24, 2.45) is 0 Å². The first-order valence-electron chi connectivity index (χ1n) is 6.65. The van der Waals surface area contributed by atoms with Crippen LogP contribution in [-0.4, -0.2) is 31.3 Å². The highest BCUT2D eigenvalue weighted by Crippen LogP contribution is 2.31. The number of benzene rings is 1. The molecule has 0 saturated heterocycles. The summed E-state index contributed by atoms with van der Waals surface area (Å²) in [6.45, 7) is 4.70. The molecular weight excluding hydrogens is 274 g/mol. The molecule has 0 amide bonds. The molecule has 2 rings (SSSR count). The Morgan fingerprint density at radius 3 is 2.29 bits per heavy atom. The van der Waals surface area contributed by atoms with Crippen molar-refractivity contribution >= 4 is 16.9 Å². The summed E-state index contributed by atoms with van der Waals surface area (Å²) in [6.07, 6.45) is 0. The molecule has 1 aromatic carbocycles. The molecule has 1 heterocycles. The van der Waals surface area contributed by atoms with Gasteiger partial charge in [-0.25, -0.2) is 4.79 Å². The number of esters is 1. The molecular formula is C15H17NO5. The van der Waals surface area contributed by atoms with Crippen LogP contribution in [-0.2, 0) is 4.74 Å². The van der Waals surface area contributed by atoms with Gasteiger partial charge in [-0.2, -0.15) is 0 Å². The molecule has 0 aliphatic rings. The Morgan fingerprint density at radius 2 is 1.71 bits per heavy atom. The fourth-order valence-electron chi connectivity index (χ4n) is 2.01. The predicted octanol–water partition coefficient (Wildman–Crippen LogP) is 2.11. The number of fused-ring (bicyclic) bond motifs is 1. The highest BCUT2D eigenvalue weighted by atomic mass is 16.5. The maximum absolute atomic E-state index is 11.9. The summed E-state index contributed by atoms with van der Waals surface area (Å²) in [7, 11) is 1.23. The minimum absolute atomic E-state index is 0.0448.